The second-order valence-electron chi connectivity index (χ2n) is 3.61. The van der Waals surface area contributed by atoms with Crippen molar-refractivity contribution < 1.29 is 4.74 Å². The van der Waals surface area contributed by atoms with Crippen molar-refractivity contribution in [3.63, 3.8) is 0 Å². The van der Waals surface area contributed by atoms with Gasteiger partial charge in [0.05, 0.1) is 15.1 Å². The molecule has 18 heavy (non-hydrogen) atoms. The van der Waals surface area contributed by atoms with Crippen molar-refractivity contribution in [2.24, 2.45) is 0 Å². The molecule has 0 radical (unpaired) electrons. The highest BCUT2D eigenvalue weighted by molar-refractivity contribution is 14.1. The topological polar surface area (TPSA) is 9.23 Å². The second kappa shape index (κ2) is 6.33. The molecule has 2 aromatic rings. The van der Waals surface area contributed by atoms with Gasteiger partial charge in [0.15, 0.2) is 0 Å². The van der Waals surface area contributed by atoms with E-state index in [1.807, 2.05) is 24.3 Å². The van der Waals surface area contributed by atoms with Gasteiger partial charge < -0.3 is 4.74 Å². The number of benzene rings is 2. The molecule has 0 unspecified atom stereocenters. The van der Waals surface area contributed by atoms with E-state index < -0.39 is 0 Å². The molecule has 0 bridgehead atoms. The molecule has 0 aliphatic carbocycles. The van der Waals surface area contributed by atoms with Crippen molar-refractivity contribution >= 4 is 57.4 Å². The summed E-state index contributed by atoms with van der Waals surface area (Å²) >= 11 is 20.0. The summed E-state index contributed by atoms with van der Waals surface area (Å²) in [6.45, 7) is 0.439. The maximum absolute atomic E-state index is 6.02. The summed E-state index contributed by atoms with van der Waals surface area (Å²) in [5.41, 5.74) is 1.07. The Balaban J connectivity index is 2.10. The van der Waals surface area contributed by atoms with Gasteiger partial charge in [-0.1, -0.05) is 46.9 Å². The fourth-order valence-electron chi connectivity index (χ4n) is 1.36. The number of hydrogen-bond donors (Lipinski definition) is 0. The van der Waals surface area contributed by atoms with E-state index >= 15 is 0 Å². The molecule has 0 aliphatic heterocycles. The third-order valence-electron chi connectivity index (χ3n) is 2.28. The molecule has 5 heteroatoms. The first-order valence-corrected chi connectivity index (χ1v) is 7.29. The Morgan fingerprint density at radius 3 is 2.17 bits per heavy atom. The van der Waals surface area contributed by atoms with Crippen LogP contribution in [-0.4, -0.2) is 0 Å². The molecule has 0 fully saturated rings. The number of hydrogen-bond acceptors (Lipinski definition) is 1. The highest BCUT2D eigenvalue weighted by Crippen LogP contribution is 2.34. The first-order chi connectivity index (χ1) is 8.56. The monoisotopic (exact) mass is 412 g/mol. The molecule has 0 heterocycles. The lowest BCUT2D eigenvalue weighted by Gasteiger charge is -2.09. The van der Waals surface area contributed by atoms with Crippen molar-refractivity contribution in [2.45, 2.75) is 6.61 Å². The summed E-state index contributed by atoms with van der Waals surface area (Å²) in [7, 11) is 0. The molecule has 2 rings (SSSR count). The van der Waals surface area contributed by atoms with Crippen LogP contribution in [0.4, 0.5) is 0 Å². The molecular weight excluding hydrogens is 405 g/mol. The van der Waals surface area contributed by atoms with E-state index in [0.29, 0.717) is 27.4 Å². The van der Waals surface area contributed by atoms with Gasteiger partial charge in [-0.2, -0.15) is 0 Å². The number of ether oxygens (including phenoxy) is 1. The molecule has 0 N–H and O–H groups in total. The summed E-state index contributed by atoms with van der Waals surface area (Å²) in [6, 6.07) is 11.3. The minimum Gasteiger partial charge on any atom is -0.487 e. The minimum atomic E-state index is 0.420. The maximum Gasteiger partial charge on any atom is 0.139 e. The maximum atomic E-state index is 6.02. The zero-order valence-corrected chi connectivity index (χ0v) is 13.5. The molecule has 0 aromatic heterocycles. The van der Waals surface area contributed by atoms with E-state index in [0.717, 1.165) is 5.56 Å². The second-order valence-corrected chi connectivity index (χ2v) is 6.08. The average molecular weight is 413 g/mol. The SMILES string of the molecule is Clc1cc(Cl)c(OCc2ccc(I)cc2)cc1Cl. The predicted molar refractivity (Wildman–Crippen MR) is 85.0 cm³/mol. The quantitative estimate of drug-likeness (QED) is 0.454. The summed E-state index contributed by atoms with van der Waals surface area (Å²) in [4.78, 5) is 0. The van der Waals surface area contributed by atoms with Gasteiger partial charge in [-0.05, 0) is 46.4 Å². The highest BCUT2D eigenvalue weighted by atomic mass is 127. The number of halogens is 4. The van der Waals surface area contributed by atoms with Crippen molar-refractivity contribution in [2.75, 3.05) is 0 Å². The zero-order chi connectivity index (χ0) is 13.1. The van der Waals surface area contributed by atoms with Crippen LogP contribution in [0, 0.1) is 3.57 Å². The van der Waals surface area contributed by atoms with Gasteiger partial charge in [-0.15, -0.1) is 0 Å². The molecule has 0 amide bonds. The smallest absolute Gasteiger partial charge is 0.139 e. The summed E-state index contributed by atoms with van der Waals surface area (Å²) < 4.78 is 6.81. The highest BCUT2D eigenvalue weighted by Gasteiger charge is 2.07. The Kier molecular flexibility index (Phi) is 5.01. The molecule has 94 valence electrons. The van der Waals surface area contributed by atoms with Crippen molar-refractivity contribution in [1.82, 2.24) is 0 Å². The van der Waals surface area contributed by atoms with Crippen LogP contribution in [0.15, 0.2) is 36.4 Å². The third kappa shape index (κ3) is 3.67. The molecule has 2 aromatic carbocycles. The zero-order valence-electron chi connectivity index (χ0n) is 9.09. The van der Waals surface area contributed by atoms with Crippen LogP contribution < -0.4 is 4.74 Å². The Bertz CT molecular complexity index is 555. The van der Waals surface area contributed by atoms with E-state index in [9.17, 15) is 0 Å². The summed E-state index contributed by atoms with van der Waals surface area (Å²) in [6.07, 6.45) is 0. The molecule has 1 nitrogen and oxygen atoms in total. The Morgan fingerprint density at radius 2 is 1.50 bits per heavy atom. The van der Waals surface area contributed by atoms with Crippen LogP contribution in [0.2, 0.25) is 15.1 Å². The summed E-state index contributed by atoms with van der Waals surface area (Å²) in [5.74, 6) is 0.532. The van der Waals surface area contributed by atoms with E-state index in [-0.39, 0.29) is 0 Å². The van der Waals surface area contributed by atoms with Gasteiger partial charge in [0, 0.05) is 9.64 Å². The molecule has 0 aliphatic rings. The Morgan fingerprint density at radius 1 is 0.889 bits per heavy atom. The van der Waals surface area contributed by atoms with Gasteiger partial charge in [0.2, 0.25) is 0 Å². The normalized spacial score (nSPS) is 10.4. The standard InChI is InChI=1S/C13H8Cl3IO/c14-10-5-12(16)13(6-11(10)15)18-7-8-1-3-9(17)4-2-8/h1-6H,7H2. The minimum absolute atomic E-state index is 0.420. The van der Waals surface area contributed by atoms with Gasteiger partial charge in [0.25, 0.3) is 0 Å². The van der Waals surface area contributed by atoms with E-state index in [1.165, 1.54) is 3.57 Å². The van der Waals surface area contributed by atoms with E-state index in [2.05, 4.69) is 22.6 Å². The molecular formula is C13H8Cl3IO. The van der Waals surface area contributed by atoms with Crippen molar-refractivity contribution in [3.05, 3.63) is 60.6 Å². The lowest BCUT2D eigenvalue weighted by atomic mass is 10.2. The van der Waals surface area contributed by atoms with Crippen LogP contribution in [0.3, 0.4) is 0 Å². The molecule has 0 atom stereocenters. The van der Waals surface area contributed by atoms with Crippen LogP contribution in [-0.2, 0) is 6.61 Å². The molecule has 0 spiro atoms. The van der Waals surface area contributed by atoms with Gasteiger partial charge in [-0.25, -0.2) is 0 Å². The number of rotatable bonds is 3. The van der Waals surface area contributed by atoms with Crippen molar-refractivity contribution in [3.8, 4) is 5.75 Å². The first kappa shape index (κ1) is 14.3. The lowest BCUT2D eigenvalue weighted by Crippen LogP contribution is -1.96. The fraction of sp³-hybridized carbons (Fsp3) is 0.0769. The van der Waals surface area contributed by atoms with E-state index in [4.69, 9.17) is 39.5 Å². The van der Waals surface area contributed by atoms with Crippen molar-refractivity contribution in [1.29, 1.82) is 0 Å². The van der Waals surface area contributed by atoms with Gasteiger partial charge >= 0.3 is 0 Å². The lowest BCUT2D eigenvalue weighted by molar-refractivity contribution is 0.306. The van der Waals surface area contributed by atoms with Gasteiger partial charge in [-0.3, -0.25) is 0 Å². The van der Waals surface area contributed by atoms with Gasteiger partial charge in [0.1, 0.15) is 12.4 Å². The average Bonchev–Trinajstić information content (AvgIpc) is 2.34. The molecule has 0 saturated heterocycles. The van der Waals surface area contributed by atoms with Crippen LogP contribution in [0.5, 0.6) is 5.75 Å². The third-order valence-corrected chi connectivity index (χ3v) is 4.02. The predicted octanol–water partition coefficient (Wildman–Crippen LogP) is 5.83. The Labute approximate surface area is 134 Å². The van der Waals surface area contributed by atoms with Crippen LogP contribution in [0.1, 0.15) is 5.56 Å². The molecule has 0 saturated carbocycles. The summed E-state index contributed by atoms with van der Waals surface area (Å²) in [5, 5.41) is 1.30. The van der Waals surface area contributed by atoms with E-state index in [1.54, 1.807) is 12.1 Å². The first-order valence-electron chi connectivity index (χ1n) is 5.08. The van der Waals surface area contributed by atoms with Crippen LogP contribution in [0.25, 0.3) is 0 Å². The Hall–Kier alpha value is -0.160. The fourth-order valence-corrected chi connectivity index (χ4v) is 2.31. The largest absolute Gasteiger partial charge is 0.487 e. The van der Waals surface area contributed by atoms with Crippen LogP contribution >= 0.6 is 57.4 Å².